The lowest BCUT2D eigenvalue weighted by Crippen LogP contribution is -2.43. The van der Waals surface area contributed by atoms with Gasteiger partial charge in [-0.25, -0.2) is 4.39 Å². The molecule has 0 aliphatic rings. The molecule has 3 N–H and O–H groups in total. The molecule has 0 aromatic heterocycles. The lowest BCUT2D eigenvalue weighted by atomic mass is 9.87. The lowest BCUT2D eigenvalue weighted by Gasteiger charge is -2.31. The number of methoxy groups -OCH3 is 1. The number of carbonyl (C=O) groups is 1. The Morgan fingerprint density at radius 3 is 2.72 bits per heavy atom. The number of amides is 1. The molecule has 0 fully saturated rings. The van der Waals surface area contributed by atoms with Gasteiger partial charge in [0, 0.05) is 6.42 Å². The van der Waals surface area contributed by atoms with Gasteiger partial charge in [-0.3, -0.25) is 4.79 Å². The van der Waals surface area contributed by atoms with Gasteiger partial charge >= 0.3 is 0 Å². The van der Waals surface area contributed by atoms with E-state index in [1.165, 1.54) is 13.2 Å². The fourth-order valence-corrected chi connectivity index (χ4v) is 2.19. The second kappa shape index (κ2) is 5.82. The predicted octanol–water partition coefficient (Wildman–Crippen LogP) is 1.53. The van der Waals surface area contributed by atoms with Crippen LogP contribution in [-0.4, -0.2) is 19.6 Å². The highest BCUT2D eigenvalue weighted by Crippen LogP contribution is 2.34. The number of ether oxygens (including phenoxy) is 1. The summed E-state index contributed by atoms with van der Waals surface area (Å²) in [5.74, 6) is -0.512. The van der Waals surface area contributed by atoms with Crippen LogP contribution in [0.1, 0.15) is 25.8 Å². The van der Waals surface area contributed by atoms with Gasteiger partial charge in [0.2, 0.25) is 5.91 Å². The molecular weight excluding hydrogens is 235 g/mol. The maximum Gasteiger partial charge on any atom is 0.219 e. The van der Waals surface area contributed by atoms with Crippen molar-refractivity contribution in [1.29, 1.82) is 0 Å². The van der Waals surface area contributed by atoms with Crippen LogP contribution in [0.5, 0.6) is 5.75 Å². The third-order valence-electron chi connectivity index (χ3n) is 2.84. The normalized spacial score (nSPS) is 14.0. The molecule has 0 aliphatic heterocycles. The standard InChI is InChI=1S/C13H19FN2O2/c1-4-16-13(2,8-11(15)17)12-9(14)6-5-7-10(12)18-3/h5-7,16H,4,8H2,1-3H3,(H2,15,17). The number of halogens is 1. The fraction of sp³-hybridized carbons (Fsp3) is 0.462. The first-order valence-corrected chi connectivity index (χ1v) is 5.81. The molecule has 0 bridgehead atoms. The van der Waals surface area contributed by atoms with Gasteiger partial charge in [0.25, 0.3) is 0 Å². The summed E-state index contributed by atoms with van der Waals surface area (Å²) in [5, 5.41) is 3.10. The third-order valence-corrected chi connectivity index (χ3v) is 2.84. The number of hydrogen-bond acceptors (Lipinski definition) is 3. The molecule has 0 radical (unpaired) electrons. The van der Waals surface area contributed by atoms with Gasteiger partial charge in [0.1, 0.15) is 11.6 Å². The van der Waals surface area contributed by atoms with Crippen molar-refractivity contribution in [1.82, 2.24) is 5.32 Å². The van der Waals surface area contributed by atoms with Gasteiger partial charge in [-0.05, 0) is 25.6 Å². The van der Waals surface area contributed by atoms with Crippen LogP contribution in [0.25, 0.3) is 0 Å². The predicted molar refractivity (Wildman–Crippen MR) is 67.8 cm³/mol. The summed E-state index contributed by atoms with van der Waals surface area (Å²) < 4.78 is 19.2. The van der Waals surface area contributed by atoms with Crippen molar-refractivity contribution in [2.24, 2.45) is 5.73 Å². The zero-order valence-corrected chi connectivity index (χ0v) is 10.9. The number of primary amides is 1. The fourth-order valence-electron chi connectivity index (χ4n) is 2.19. The first-order chi connectivity index (χ1) is 8.44. The quantitative estimate of drug-likeness (QED) is 0.809. The molecule has 1 amide bonds. The van der Waals surface area contributed by atoms with E-state index in [-0.39, 0.29) is 6.42 Å². The van der Waals surface area contributed by atoms with Crippen molar-refractivity contribution in [2.75, 3.05) is 13.7 Å². The van der Waals surface area contributed by atoms with E-state index in [2.05, 4.69) is 5.32 Å². The first-order valence-electron chi connectivity index (χ1n) is 5.81. The molecule has 1 rings (SSSR count). The van der Waals surface area contributed by atoms with Gasteiger partial charge in [0.05, 0.1) is 18.2 Å². The number of rotatable bonds is 6. The summed E-state index contributed by atoms with van der Waals surface area (Å²) in [5.41, 5.74) is 4.69. The molecular formula is C13H19FN2O2. The largest absolute Gasteiger partial charge is 0.496 e. The van der Waals surface area contributed by atoms with Crippen molar-refractivity contribution in [3.05, 3.63) is 29.6 Å². The Kier molecular flexibility index (Phi) is 4.67. The van der Waals surface area contributed by atoms with Gasteiger partial charge in [-0.2, -0.15) is 0 Å². The first kappa shape index (κ1) is 14.4. The average Bonchev–Trinajstić information content (AvgIpc) is 2.27. The second-order valence-electron chi connectivity index (χ2n) is 4.32. The highest BCUT2D eigenvalue weighted by Gasteiger charge is 2.33. The molecule has 0 saturated heterocycles. The molecule has 0 heterocycles. The Labute approximate surface area is 106 Å². The van der Waals surface area contributed by atoms with Gasteiger partial charge < -0.3 is 15.8 Å². The SMILES string of the molecule is CCNC(C)(CC(N)=O)c1c(F)cccc1OC. The number of nitrogens with one attached hydrogen (secondary N) is 1. The van der Waals surface area contributed by atoms with E-state index in [1.807, 2.05) is 6.92 Å². The van der Waals surface area contributed by atoms with E-state index in [0.29, 0.717) is 17.9 Å². The molecule has 1 aromatic carbocycles. The molecule has 0 saturated carbocycles. The van der Waals surface area contributed by atoms with Crippen LogP contribution in [0.2, 0.25) is 0 Å². The number of carbonyl (C=O) groups excluding carboxylic acids is 1. The van der Waals surface area contributed by atoms with Crippen molar-refractivity contribution in [3.63, 3.8) is 0 Å². The summed E-state index contributed by atoms with van der Waals surface area (Å²) in [6, 6.07) is 4.57. The van der Waals surface area contributed by atoms with Crippen LogP contribution < -0.4 is 15.8 Å². The molecule has 1 unspecified atom stereocenters. The second-order valence-corrected chi connectivity index (χ2v) is 4.32. The minimum atomic E-state index is -0.878. The summed E-state index contributed by atoms with van der Waals surface area (Å²) in [6.45, 7) is 4.20. The Hall–Kier alpha value is -1.62. The Morgan fingerprint density at radius 1 is 1.56 bits per heavy atom. The molecule has 4 nitrogen and oxygen atoms in total. The highest BCUT2D eigenvalue weighted by molar-refractivity contribution is 5.75. The lowest BCUT2D eigenvalue weighted by molar-refractivity contribution is -0.119. The van der Waals surface area contributed by atoms with E-state index in [0.717, 1.165) is 0 Å². The molecule has 5 heteroatoms. The van der Waals surface area contributed by atoms with E-state index >= 15 is 0 Å². The molecule has 100 valence electrons. The van der Waals surface area contributed by atoms with Crippen LogP contribution >= 0.6 is 0 Å². The minimum absolute atomic E-state index is 0.00185. The summed E-state index contributed by atoms with van der Waals surface area (Å²) in [6.07, 6.45) is -0.00185. The van der Waals surface area contributed by atoms with Gasteiger partial charge in [-0.15, -0.1) is 0 Å². The van der Waals surface area contributed by atoms with Crippen LogP contribution in [0.15, 0.2) is 18.2 Å². The van der Waals surface area contributed by atoms with Gasteiger partial charge in [-0.1, -0.05) is 13.0 Å². The van der Waals surface area contributed by atoms with Crippen molar-refractivity contribution >= 4 is 5.91 Å². The van der Waals surface area contributed by atoms with Crippen LogP contribution in [0.4, 0.5) is 4.39 Å². The third kappa shape index (κ3) is 2.98. The highest BCUT2D eigenvalue weighted by atomic mass is 19.1. The van der Waals surface area contributed by atoms with E-state index in [9.17, 15) is 9.18 Å². The molecule has 1 atom stereocenters. The Bertz CT molecular complexity index is 437. The minimum Gasteiger partial charge on any atom is -0.496 e. The number of benzene rings is 1. The van der Waals surface area contributed by atoms with E-state index < -0.39 is 17.3 Å². The van der Waals surface area contributed by atoms with Crippen molar-refractivity contribution in [3.8, 4) is 5.75 Å². The summed E-state index contributed by atoms with van der Waals surface area (Å²) in [7, 11) is 1.47. The zero-order chi connectivity index (χ0) is 13.8. The topological polar surface area (TPSA) is 64.3 Å². The monoisotopic (exact) mass is 254 g/mol. The van der Waals surface area contributed by atoms with E-state index in [4.69, 9.17) is 10.5 Å². The molecule has 0 aliphatic carbocycles. The van der Waals surface area contributed by atoms with E-state index in [1.54, 1.807) is 19.1 Å². The maximum atomic E-state index is 14.0. The zero-order valence-electron chi connectivity index (χ0n) is 10.9. The maximum absolute atomic E-state index is 14.0. The Morgan fingerprint density at radius 2 is 2.22 bits per heavy atom. The summed E-state index contributed by atoms with van der Waals surface area (Å²) in [4.78, 5) is 11.2. The molecule has 1 aromatic rings. The van der Waals surface area contributed by atoms with Crippen LogP contribution in [-0.2, 0) is 10.3 Å². The number of nitrogens with two attached hydrogens (primary N) is 1. The molecule has 0 spiro atoms. The van der Waals surface area contributed by atoms with Crippen LogP contribution in [0.3, 0.4) is 0 Å². The van der Waals surface area contributed by atoms with Gasteiger partial charge in [0.15, 0.2) is 0 Å². The molecule has 18 heavy (non-hydrogen) atoms. The van der Waals surface area contributed by atoms with Crippen molar-refractivity contribution < 1.29 is 13.9 Å². The number of hydrogen-bond donors (Lipinski definition) is 2. The smallest absolute Gasteiger partial charge is 0.219 e. The Balaban J connectivity index is 3.32. The van der Waals surface area contributed by atoms with Crippen molar-refractivity contribution in [2.45, 2.75) is 25.8 Å². The summed E-state index contributed by atoms with van der Waals surface area (Å²) >= 11 is 0. The van der Waals surface area contributed by atoms with Crippen LogP contribution in [0, 0.1) is 5.82 Å². The average molecular weight is 254 g/mol.